The topological polar surface area (TPSA) is 96.6 Å². The number of carbonyl (C=O) groups is 1. The fourth-order valence-electron chi connectivity index (χ4n) is 1.94. The average molecular weight is 261 g/mol. The second kappa shape index (κ2) is 4.89. The number of nitro groups is 1. The summed E-state index contributed by atoms with van der Waals surface area (Å²) in [5, 5.41) is 20.7. The van der Waals surface area contributed by atoms with Gasteiger partial charge in [-0.05, 0) is 12.1 Å². The van der Waals surface area contributed by atoms with Crippen molar-refractivity contribution < 1.29 is 14.8 Å². The molecule has 0 aliphatic rings. The van der Waals surface area contributed by atoms with E-state index in [1.165, 1.54) is 29.4 Å². The summed E-state index contributed by atoms with van der Waals surface area (Å²) in [6.07, 6.45) is 2.96. The van der Waals surface area contributed by atoms with Gasteiger partial charge in [-0.3, -0.25) is 19.9 Å². The van der Waals surface area contributed by atoms with E-state index in [0.717, 1.165) is 0 Å². The van der Waals surface area contributed by atoms with Crippen molar-refractivity contribution >= 4 is 28.1 Å². The van der Waals surface area contributed by atoms with Gasteiger partial charge in [0.25, 0.3) is 5.69 Å². The van der Waals surface area contributed by atoms with Crippen molar-refractivity contribution in [2.45, 2.75) is 0 Å². The summed E-state index contributed by atoms with van der Waals surface area (Å²) < 4.78 is 0. The molecule has 0 radical (unpaired) electrons. The van der Waals surface area contributed by atoms with Gasteiger partial charge in [-0.15, -0.1) is 0 Å². The molecular weight excluding hydrogens is 250 g/mol. The van der Waals surface area contributed by atoms with Crippen LogP contribution >= 0.6 is 0 Å². The molecule has 2 rings (SSSR count). The molecule has 0 aliphatic carbocycles. The fraction of sp³-hybridized carbons (Fsp3) is 0.167. The van der Waals surface area contributed by atoms with Crippen LogP contribution in [0.1, 0.15) is 0 Å². The Morgan fingerprint density at radius 2 is 2.16 bits per heavy atom. The molecule has 7 heteroatoms. The predicted molar refractivity (Wildman–Crippen MR) is 69.3 cm³/mol. The van der Waals surface area contributed by atoms with Gasteiger partial charge in [0.2, 0.25) is 0 Å². The van der Waals surface area contributed by atoms with Gasteiger partial charge in [0.15, 0.2) is 0 Å². The number of hydrogen-bond acceptors (Lipinski definition) is 5. The predicted octanol–water partition coefficient (Wildman–Crippen LogP) is 1.66. The van der Waals surface area contributed by atoms with E-state index in [4.69, 9.17) is 5.11 Å². The maximum atomic E-state index is 11.0. The molecule has 0 spiro atoms. The standard InChI is InChI=1S/C12H11N3O4/c1-14(7-12(16)17)10-2-3-11(15(18)19)8-4-5-13-6-9(8)10/h2-6H,7H2,1H3,(H,16,17). The lowest BCUT2D eigenvalue weighted by molar-refractivity contribution is -0.383. The fourth-order valence-corrected chi connectivity index (χ4v) is 1.94. The molecule has 19 heavy (non-hydrogen) atoms. The van der Waals surface area contributed by atoms with E-state index < -0.39 is 10.9 Å². The Kier molecular flexibility index (Phi) is 3.28. The maximum absolute atomic E-state index is 11.0. The van der Waals surface area contributed by atoms with Crippen LogP contribution in [-0.4, -0.2) is 34.6 Å². The summed E-state index contributed by atoms with van der Waals surface area (Å²) in [4.78, 5) is 26.7. The second-order valence-electron chi connectivity index (χ2n) is 4.03. The van der Waals surface area contributed by atoms with E-state index in [-0.39, 0.29) is 12.2 Å². The zero-order chi connectivity index (χ0) is 14.0. The summed E-state index contributed by atoms with van der Waals surface area (Å²) >= 11 is 0. The lowest BCUT2D eigenvalue weighted by Gasteiger charge is -2.18. The van der Waals surface area contributed by atoms with Crippen LogP contribution in [0.25, 0.3) is 10.8 Å². The van der Waals surface area contributed by atoms with Gasteiger partial charge >= 0.3 is 5.97 Å². The van der Waals surface area contributed by atoms with Gasteiger partial charge in [0.1, 0.15) is 6.54 Å². The second-order valence-corrected chi connectivity index (χ2v) is 4.03. The van der Waals surface area contributed by atoms with E-state index in [2.05, 4.69) is 4.98 Å². The molecule has 0 saturated carbocycles. The summed E-state index contributed by atoms with van der Waals surface area (Å²) in [7, 11) is 1.61. The molecule has 0 aliphatic heterocycles. The van der Waals surface area contributed by atoms with Crippen molar-refractivity contribution in [3.05, 3.63) is 40.7 Å². The number of nitrogens with zero attached hydrogens (tertiary/aromatic N) is 3. The van der Waals surface area contributed by atoms with Gasteiger partial charge in [-0.25, -0.2) is 0 Å². The lowest BCUT2D eigenvalue weighted by atomic mass is 10.1. The highest BCUT2D eigenvalue weighted by Gasteiger charge is 2.16. The highest BCUT2D eigenvalue weighted by Crippen LogP contribution is 2.32. The van der Waals surface area contributed by atoms with Gasteiger partial charge in [0, 0.05) is 36.6 Å². The average Bonchev–Trinajstić information content (AvgIpc) is 2.36. The zero-order valence-corrected chi connectivity index (χ0v) is 10.1. The van der Waals surface area contributed by atoms with Gasteiger partial charge in [-0.1, -0.05) is 0 Å². The molecule has 7 nitrogen and oxygen atoms in total. The summed E-state index contributed by atoms with van der Waals surface area (Å²) in [6, 6.07) is 4.45. The number of pyridine rings is 1. The number of aliphatic carboxylic acids is 1. The first-order chi connectivity index (χ1) is 9.00. The normalized spacial score (nSPS) is 10.4. The number of likely N-dealkylation sites (N-methyl/N-ethyl adjacent to an activating group) is 1. The Labute approximate surface area is 108 Å². The summed E-state index contributed by atoms with van der Waals surface area (Å²) in [5.41, 5.74) is 0.570. The van der Waals surface area contributed by atoms with Crippen LogP contribution in [-0.2, 0) is 4.79 Å². The van der Waals surface area contributed by atoms with Crippen molar-refractivity contribution in [3.63, 3.8) is 0 Å². The highest BCUT2D eigenvalue weighted by molar-refractivity contribution is 6.00. The minimum absolute atomic E-state index is 0.0233. The Morgan fingerprint density at radius 3 is 2.79 bits per heavy atom. The van der Waals surface area contributed by atoms with Crippen molar-refractivity contribution in [2.75, 3.05) is 18.5 Å². The quantitative estimate of drug-likeness (QED) is 0.664. The lowest BCUT2D eigenvalue weighted by Crippen LogP contribution is -2.25. The third-order valence-electron chi connectivity index (χ3n) is 2.75. The van der Waals surface area contributed by atoms with Crippen LogP contribution in [0.4, 0.5) is 11.4 Å². The molecular formula is C12H11N3O4. The van der Waals surface area contributed by atoms with E-state index in [9.17, 15) is 14.9 Å². The van der Waals surface area contributed by atoms with Crippen LogP contribution in [0.15, 0.2) is 30.6 Å². The first-order valence-corrected chi connectivity index (χ1v) is 5.44. The molecule has 2 aromatic rings. The number of rotatable bonds is 4. The van der Waals surface area contributed by atoms with Crippen molar-refractivity contribution in [1.29, 1.82) is 0 Å². The largest absolute Gasteiger partial charge is 0.480 e. The molecule has 1 aromatic heterocycles. The van der Waals surface area contributed by atoms with Crippen LogP contribution in [0, 0.1) is 10.1 Å². The van der Waals surface area contributed by atoms with E-state index in [0.29, 0.717) is 16.5 Å². The molecule has 1 heterocycles. The third-order valence-corrected chi connectivity index (χ3v) is 2.75. The Balaban J connectivity index is 2.61. The van der Waals surface area contributed by atoms with Crippen LogP contribution in [0.2, 0.25) is 0 Å². The number of aromatic nitrogens is 1. The number of benzene rings is 1. The number of non-ortho nitro benzene ring substituents is 1. The SMILES string of the molecule is CN(CC(=O)O)c1ccc([N+](=O)[O-])c2ccncc12. The van der Waals surface area contributed by atoms with E-state index >= 15 is 0 Å². The molecule has 0 saturated heterocycles. The number of anilines is 1. The van der Waals surface area contributed by atoms with Crippen LogP contribution < -0.4 is 4.90 Å². The van der Waals surface area contributed by atoms with Crippen molar-refractivity contribution in [2.24, 2.45) is 0 Å². The molecule has 1 N–H and O–H groups in total. The summed E-state index contributed by atoms with van der Waals surface area (Å²) in [5.74, 6) is -0.974. The minimum Gasteiger partial charge on any atom is -0.480 e. The Morgan fingerprint density at radius 1 is 1.42 bits per heavy atom. The van der Waals surface area contributed by atoms with E-state index in [1.807, 2.05) is 0 Å². The number of carboxylic acid groups (broad SMARTS) is 1. The third kappa shape index (κ3) is 2.44. The molecule has 98 valence electrons. The summed E-state index contributed by atoms with van der Waals surface area (Å²) in [6.45, 7) is -0.193. The highest BCUT2D eigenvalue weighted by atomic mass is 16.6. The van der Waals surface area contributed by atoms with Gasteiger partial charge in [-0.2, -0.15) is 0 Å². The maximum Gasteiger partial charge on any atom is 0.323 e. The molecule has 0 unspecified atom stereocenters. The van der Waals surface area contributed by atoms with Crippen molar-refractivity contribution in [3.8, 4) is 0 Å². The number of fused-ring (bicyclic) bond motifs is 1. The van der Waals surface area contributed by atoms with Gasteiger partial charge < -0.3 is 10.0 Å². The molecule has 0 amide bonds. The first kappa shape index (κ1) is 12.7. The Bertz CT molecular complexity index is 656. The van der Waals surface area contributed by atoms with Crippen molar-refractivity contribution in [1.82, 2.24) is 4.98 Å². The first-order valence-electron chi connectivity index (χ1n) is 5.44. The number of carboxylic acids is 1. The molecule has 0 bridgehead atoms. The minimum atomic E-state index is -0.974. The monoisotopic (exact) mass is 261 g/mol. The molecule has 1 aromatic carbocycles. The van der Waals surface area contributed by atoms with Crippen LogP contribution in [0.5, 0.6) is 0 Å². The van der Waals surface area contributed by atoms with Gasteiger partial charge in [0.05, 0.1) is 10.3 Å². The van der Waals surface area contributed by atoms with Crippen LogP contribution in [0.3, 0.4) is 0 Å². The molecule has 0 atom stereocenters. The number of hydrogen-bond donors (Lipinski definition) is 1. The Hall–Kier alpha value is -2.70. The zero-order valence-electron chi connectivity index (χ0n) is 10.1. The number of nitro benzene ring substituents is 1. The smallest absolute Gasteiger partial charge is 0.323 e. The van der Waals surface area contributed by atoms with E-state index in [1.54, 1.807) is 13.1 Å². The molecule has 0 fully saturated rings.